The van der Waals surface area contributed by atoms with Gasteiger partial charge in [-0.25, -0.2) is 4.79 Å². The number of benzene rings is 1. The lowest BCUT2D eigenvalue weighted by atomic mass is 9.91. The van der Waals surface area contributed by atoms with Crippen LogP contribution in [0.1, 0.15) is 19.4 Å². The Labute approximate surface area is 108 Å². The van der Waals surface area contributed by atoms with Gasteiger partial charge in [-0.1, -0.05) is 18.2 Å². The van der Waals surface area contributed by atoms with Crippen molar-refractivity contribution in [2.45, 2.75) is 26.0 Å². The number of halogens is 2. The van der Waals surface area contributed by atoms with Gasteiger partial charge in [0, 0.05) is 12.5 Å². The van der Waals surface area contributed by atoms with E-state index in [4.69, 9.17) is 0 Å². The van der Waals surface area contributed by atoms with Gasteiger partial charge >= 0.3 is 12.6 Å². The zero-order valence-corrected chi connectivity index (χ0v) is 10.3. The van der Waals surface area contributed by atoms with Gasteiger partial charge < -0.3 is 15.2 Å². The summed E-state index contributed by atoms with van der Waals surface area (Å²) in [4.78, 5) is 22.4. The largest absolute Gasteiger partial charge is 0.479 e. The maximum atomic E-state index is 12.3. The second-order valence-electron chi connectivity index (χ2n) is 3.99. The van der Waals surface area contributed by atoms with Crippen LogP contribution in [0.25, 0.3) is 0 Å². The molecule has 0 fully saturated rings. The normalized spacial score (nSPS) is 13.7. The van der Waals surface area contributed by atoms with Crippen molar-refractivity contribution < 1.29 is 28.2 Å². The lowest BCUT2D eigenvalue weighted by Gasteiger charge is -2.27. The second-order valence-corrected chi connectivity index (χ2v) is 3.99. The van der Waals surface area contributed by atoms with Gasteiger partial charge in [-0.2, -0.15) is 8.78 Å². The highest BCUT2D eigenvalue weighted by Crippen LogP contribution is 2.31. The van der Waals surface area contributed by atoms with Crippen molar-refractivity contribution in [3.8, 4) is 5.75 Å². The number of hydrogen-bond donors (Lipinski definition) is 2. The number of carbonyl (C=O) groups excluding carboxylic acids is 1. The molecular weight excluding hydrogens is 260 g/mol. The van der Waals surface area contributed by atoms with Gasteiger partial charge in [0.1, 0.15) is 5.75 Å². The molecule has 5 nitrogen and oxygen atoms in total. The first-order valence-electron chi connectivity index (χ1n) is 5.34. The molecule has 2 N–H and O–H groups in total. The number of para-hydroxylation sites is 1. The summed E-state index contributed by atoms with van der Waals surface area (Å²) in [7, 11) is 0. The average Bonchev–Trinajstić information content (AvgIpc) is 2.27. The van der Waals surface area contributed by atoms with E-state index in [1.165, 1.54) is 31.2 Å². The number of ether oxygens (including phenoxy) is 1. The maximum Gasteiger partial charge on any atom is 0.387 e. The summed E-state index contributed by atoms with van der Waals surface area (Å²) >= 11 is 0. The number of carboxylic acid groups (broad SMARTS) is 1. The molecule has 19 heavy (non-hydrogen) atoms. The fraction of sp³-hybridized carbons (Fsp3) is 0.333. The summed E-state index contributed by atoms with van der Waals surface area (Å²) in [6.45, 7) is -0.751. The molecule has 0 saturated heterocycles. The van der Waals surface area contributed by atoms with Crippen molar-refractivity contribution in [3.63, 3.8) is 0 Å². The van der Waals surface area contributed by atoms with Gasteiger partial charge in [-0.3, -0.25) is 4.79 Å². The van der Waals surface area contributed by atoms with Crippen LogP contribution < -0.4 is 10.1 Å². The van der Waals surface area contributed by atoms with Gasteiger partial charge in [0.15, 0.2) is 5.54 Å². The molecule has 1 aromatic rings. The van der Waals surface area contributed by atoms with E-state index in [2.05, 4.69) is 10.1 Å². The fourth-order valence-electron chi connectivity index (χ4n) is 1.67. The van der Waals surface area contributed by atoms with Gasteiger partial charge in [-0.15, -0.1) is 0 Å². The monoisotopic (exact) mass is 273 g/mol. The average molecular weight is 273 g/mol. The third-order valence-corrected chi connectivity index (χ3v) is 2.50. The summed E-state index contributed by atoms with van der Waals surface area (Å²) in [6.07, 6.45) is 0. The van der Waals surface area contributed by atoms with Gasteiger partial charge in [-0.05, 0) is 13.0 Å². The third kappa shape index (κ3) is 3.40. The van der Waals surface area contributed by atoms with Crippen LogP contribution in [0.4, 0.5) is 8.78 Å². The van der Waals surface area contributed by atoms with Crippen molar-refractivity contribution in [3.05, 3.63) is 29.8 Å². The quantitative estimate of drug-likeness (QED) is 0.856. The van der Waals surface area contributed by atoms with Crippen LogP contribution in [-0.2, 0) is 15.1 Å². The van der Waals surface area contributed by atoms with E-state index in [1.807, 2.05) is 0 Å². The molecule has 0 aromatic heterocycles. The Bertz CT molecular complexity index is 492. The molecule has 7 heteroatoms. The molecule has 1 rings (SSSR count). The van der Waals surface area contributed by atoms with E-state index >= 15 is 0 Å². The van der Waals surface area contributed by atoms with E-state index < -0.39 is 24.0 Å². The summed E-state index contributed by atoms with van der Waals surface area (Å²) < 4.78 is 28.9. The lowest BCUT2D eigenvalue weighted by Crippen LogP contribution is -2.49. The number of carboxylic acids is 1. The Morgan fingerprint density at radius 2 is 1.95 bits per heavy atom. The molecular formula is C12H13F2NO4. The Morgan fingerprint density at radius 3 is 2.42 bits per heavy atom. The van der Waals surface area contributed by atoms with Crippen molar-refractivity contribution in [1.82, 2.24) is 5.32 Å². The molecule has 0 bridgehead atoms. The van der Waals surface area contributed by atoms with Gasteiger partial charge in [0.2, 0.25) is 5.91 Å². The lowest BCUT2D eigenvalue weighted by molar-refractivity contribution is -0.147. The molecule has 0 radical (unpaired) electrons. The first-order chi connectivity index (χ1) is 8.77. The maximum absolute atomic E-state index is 12.3. The molecule has 1 atom stereocenters. The topological polar surface area (TPSA) is 75.6 Å². The molecule has 0 saturated carbocycles. The van der Waals surface area contributed by atoms with E-state index in [9.17, 15) is 23.5 Å². The highest BCUT2D eigenvalue weighted by molar-refractivity contribution is 5.87. The molecule has 0 aliphatic heterocycles. The number of nitrogens with one attached hydrogen (secondary N) is 1. The Hall–Kier alpha value is -2.18. The van der Waals surface area contributed by atoms with E-state index in [0.29, 0.717) is 0 Å². The minimum Gasteiger partial charge on any atom is -0.479 e. The molecule has 0 aliphatic rings. The van der Waals surface area contributed by atoms with Gasteiger partial charge in [0.25, 0.3) is 0 Å². The SMILES string of the molecule is CC(=O)NC(C)(C(=O)O)c1ccccc1OC(F)F. The predicted molar refractivity (Wildman–Crippen MR) is 61.9 cm³/mol. The number of carbonyl (C=O) groups is 2. The van der Waals surface area contributed by atoms with Crippen LogP contribution in [0.3, 0.4) is 0 Å². The molecule has 0 spiro atoms. The molecule has 1 unspecified atom stereocenters. The first-order valence-corrected chi connectivity index (χ1v) is 5.34. The van der Waals surface area contributed by atoms with Crippen LogP contribution in [0.2, 0.25) is 0 Å². The van der Waals surface area contributed by atoms with Crippen molar-refractivity contribution in [2.75, 3.05) is 0 Å². The second kappa shape index (κ2) is 5.64. The molecule has 104 valence electrons. The van der Waals surface area contributed by atoms with Crippen LogP contribution in [-0.4, -0.2) is 23.6 Å². The van der Waals surface area contributed by atoms with E-state index in [-0.39, 0.29) is 11.3 Å². The summed E-state index contributed by atoms with van der Waals surface area (Å²) in [5, 5.41) is 11.5. The number of alkyl halides is 2. The Kier molecular flexibility index (Phi) is 4.42. The fourth-order valence-corrected chi connectivity index (χ4v) is 1.67. The molecule has 0 heterocycles. The predicted octanol–water partition coefficient (Wildman–Crippen LogP) is 1.72. The van der Waals surface area contributed by atoms with Gasteiger partial charge in [0.05, 0.1) is 0 Å². The highest BCUT2D eigenvalue weighted by Gasteiger charge is 2.38. The molecule has 1 aromatic carbocycles. The Balaban J connectivity index is 3.30. The smallest absolute Gasteiger partial charge is 0.387 e. The first kappa shape index (κ1) is 14.9. The molecule has 1 amide bonds. The third-order valence-electron chi connectivity index (χ3n) is 2.50. The van der Waals surface area contributed by atoms with Crippen molar-refractivity contribution in [1.29, 1.82) is 0 Å². The Morgan fingerprint density at radius 1 is 1.37 bits per heavy atom. The van der Waals surface area contributed by atoms with Crippen LogP contribution >= 0.6 is 0 Å². The van der Waals surface area contributed by atoms with Crippen molar-refractivity contribution >= 4 is 11.9 Å². The van der Waals surface area contributed by atoms with Crippen LogP contribution in [0, 0.1) is 0 Å². The minimum absolute atomic E-state index is 0.0574. The van der Waals surface area contributed by atoms with Crippen LogP contribution in [0.5, 0.6) is 5.75 Å². The van der Waals surface area contributed by atoms with E-state index in [1.54, 1.807) is 0 Å². The number of rotatable bonds is 5. The minimum atomic E-state index is -3.09. The zero-order chi connectivity index (χ0) is 14.6. The standard InChI is InChI=1S/C12H13F2NO4/c1-7(16)15-12(2,10(17)18)8-5-3-4-6-9(8)19-11(13)14/h3-6,11H,1-2H3,(H,15,16)(H,17,18). The van der Waals surface area contributed by atoms with Crippen LogP contribution in [0.15, 0.2) is 24.3 Å². The van der Waals surface area contributed by atoms with Crippen molar-refractivity contribution in [2.24, 2.45) is 0 Å². The summed E-state index contributed by atoms with van der Waals surface area (Å²) in [5.74, 6) is -2.28. The highest BCUT2D eigenvalue weighted by atomic mass is 19.3. The number of aliphatic carboxylic acids is 1. The number of amides is 1. The summed E-state index contributed by atoms with van der Waals surface area (Å²) in [5.41, 5.74) is -1.91. The molecule has 0 aliphatic carbocycles. The zero-order valence-electron chi connectivity index (χ0n) is 10.3. The number of hydrogen-bond acceptors (Lipinski definition) is 3. The summed E-state index contributed by atoms with van der Waals surface area (Å²) in [6, 6.07) is 5.42. The van der Waals surface area contributed by atoms with E-state index in [0.717, 1.165) is 6.92 Å².